The van der Waals surface area contributed by atoms with Crippen molar-refractivity contribution in [2.24, 2.45) is 0 Å². The van der Waals surface area contributed by atoms with Crippen LogP contribution in [0.25, 0.3) is 10.2 Å². The van der Waals surface area contributed by atoms with Crippen LogP contribution in [0.15, 0.2) is 18.5 Å². The van der Waals surface area contributed by atoms with Crippen LogP contribution in [0.1, 0.15) is 22.3 Å². The Hall–Kier alpha value is -1.95. The van der Waals surface area contributed by atoms with Crippen LogP contribution in [0.2, 0.25) is 0 Å². The molecule has 0 aliphatic carbocycles. The molecule has 1 fully saturated rings. The first-order valence-electron chi connectivity index (χ1n) is 7.12. The SMILES string of the molecule is Cc1nc(N2CC(n3cccn3)C2)c2c(C)c(C)sc2n1. The molecule has 1 aliphatic heterocycles. The van der Waals surface area contributed by atoms with Crippen molar-refractivity contribution in [1.29, 1.82) is 0 Å². The summed E-state index contributed by atoms with van der Waals surface area (Å²) in [6, 6.07) is 2.42. The number of aromatic nitrogens is 4. The second kappa shape index (κ2) is 4.53. The predicted octanol–water partition coefficient (Wildman–Crippen LogP) is 2.87. The minimum absolute atomic E-state index is 0.449. The van der Waals surface area contributed by atoms with Crippen LogP contribution in [0, 0.1) is 20.8 Å². The summed E-state index contributed by atoms with van der Waals surface area (Å²) in [5.41, 5.74) is 1.31. The summed E-state index contributed by atoms with van der Waals surface area (Å²) in [4.78, 5) is 14.1. The first-order chi connectivity index (χ1) is 10.1. The zero-order valence-corrected chi connectivity index (χ0v) is 13.2. The van der Waals surface area contributed by atoms with Gasteiger partial charge in [0.1, 0.15) is 16.5 Å². The number of hydrogen-bond donors (Lipinski definition) is 0. The summed E-state index contributed by atoms with van der Waals surface area (Å²) < 4.78 is 2.04. The summed E-state index contributed by atoms with van der Waals surface area (Å²) in [6.45, 7) is 8.21. The van der Waals surface area contributed by atoms with E-state index in [4.69, 9.17) is 4.98 Å². The summed E-state index contributed by atoms with van der Waals surface area (Å²) in [6.07, 6.45) is 3.87. The van der Waals surface area contributed by atoms with Crippen LogP contribution >= 0.6 is 11.3 Å². The van der Waals surface area contributed by atoms with Gasteiger partial charge in [0, 0.05) is 30.4 Å². The topological polar surface area (TPSA) is 46.8 Å². The Balaban J connectivity index is 1.71. The van der Waals surface area contributed by atoms with Gasteiger partial charge in [-0.3, -0.25) is 4.68 Å². The molecule has 4 heterocycles. The van der Waals surface area contributed by atoms with E-state index >= 15 is 0 Å². The van der Waals surface area contributed by atoms with E-state index in [0.29, 0.717) is 6.04 Å². The van der Waals surface area contributed by atoms with E-state index in [1.807, 2.05) is 30.1 Å². The standard InChI is InChI=1S/C15H17N5S/c1-9-10(2)21-15-13(9)14(17-11(3)18-15)19-7-12(8-19)20-6-4-5-16-20/h4-6,12H,7-8H2,1-3H3. The van der Waals surface area contributed by atoms with Crippen molar-refractivity contribution in [3.63, 3.8) is 0 Å². The fourth-order valence-electron chi connectivity index (χ4n) is 2.85. The molecule has 1 saturated heterocycles. The summed E-state index contributed by atoms with van der Waals surface area (Å²) in [5.74, 6) is 1.93. The normalized spacial score (nSPS) is 15.7. The van der Waals surface area contributed by atoms with Crippen LogP contribution in [-0.2, 0) is 0 Å². The molecule has 0 N–H and O–H groups in total. The molecule has 0 bridgehead atoms. The molecular weight excluding hydrogens is 282 g/mol. The molecule has 0 unspecified atom stereocenters. The molecule has 0 saturated carbocycles. The maximum atomic E-state index is 4.71. The fourth-order valence-corrected chi connectivity index (χ4v) is 3.92. The van der Waals surface area contributed by atoms with Crippen molar-refractivity contribution in [2.75, 3.05) is 18.0 Å². The van der Waals surface area contributed by atoms with E-state index in [0.717, 1.165) is 29.6 Å². The highest BCUT2D eigenvalue weighted by atomic mass is 32.1. The summed E-state index contributed by atoms with van der Waals surface area (Å²) in [7, 11) is 0. The zero-order valence-electron chi connectivity index (χ0n) is 12.4. The molecule has 0 radical (unpaired) electrons. The molecule has 4 rings (SSSR count). The Morgan fingerprint density at radius 3 is 2.71 bits per heavy atom. The van der Waals surface area contributed by atoms with E-state index in [1.165, 1.54) is 15.8 Å². The minimum Gasteiger partial charge on any atom is -0.352 e. The molecular formula is C15H17N5S. The van der Waals surface area contributed by atoms with Crippen molar-refractivity contribution < 1.29 is 0 Å². The molecule has 0 atom stereocenters. The Labute approximate surface area is 127 Å². The molecule has 21 heavy (non-hydrogen) atoms. The monoisotopic (exact) mass is 299 g/mol. The second-order valence-corrected chi connectivity index (χ2v) is 6.81. The predicted molar refractivity (Wildman–Crippen MR) is 85.1 cm³/mol. The van der Waals surface area contributed by atoms with Gasteiger partial charge in [0.05, 0.1) is 11.4 Å². The third-order valence-electron chi connectivity index (χ3n) is 4.18. The number of nitrogens with zero attached hydrogens (tertiary/aromatic N) is 5. The minimum atomic E-state index is 0.449. The maximum absolute atomic E-state index is 4.71. The van der Waals surface area contributed by atoms with Gasteiger partial charge < -0.3 is 4.90 Å². The van der Waals surface area contributed by atoms with E-state index in [-0.39, 0.29) is 0 Å². The van der Waals surface area contributed by atoms with Crippen LogP contribution < -0.4 is 4.90 Å². The van der Waals surface area contributed by atoms with Gasteiger partial charge in [-0.25, -0.2) is 9.97 Å². The Bertz CT molecular complexity index is 799. The smallest absolute Gasteiger partial charge is 0.141 e. The number of aryl methyl sites for hydroxylation is 3. The van der Waals surface area contributed by atoms with Crippen molar-refractivity contribution in [1.82, 2.24) is 19.7 Å². The molecule has 0 aromatic carbocycles. The molecule has 1 aliphatic rings. The van der Waals surface area contributed by atoms with Crippen molar-refractivity contribution >= 4 is 27.4 Å². The van der Waals surface area contributed by atoms with Gasteiger partial charge in [-0.15, -0.1) is 11.3 Å². The first kappa shape index (κ1) is 12.8. The largest absolute Gasteiger partial charge is 0.352 e. The average Bonchev–Trinajstić information content (AvgIpc) is 2.97. The van der Waals surface area contributed by atoms with Gasteiger partial charge in [-0.1, -0.05) is 0 Å². The van der Waals surface area contributed by atoms with Gasteiger partial charge in [0.25, 0.3) is 0 Å². The van der Waals surface area contributed by atoms with E-state index in [9.17, 15) is 0 Å². The number of thiophene rings is 1. The molecule has 6 heteroatoms. The summed E-state index contributed by atoms with van der Waals surface area (Å²) >= 11 is 1.76. The summed E-state index contributed by atoms with van der Waals surface area (Å²) in [5, 5.41) is 5.55. The molecule has 108 valence electrons. The van der Waals surface area contributed by atoms with Crippen molar-refractivity contribution in [3.8, 4) is 0 Å². The van der Waals surface area contributed by atoms with Gasteiger partial charge in [-0.05, 0) is 32.4 Å². The lowest BCUT2D eigenvalue weighted by Crippen LogP contribution is -2.48. The third-order valence-corrected chi connectivity index (χ3v) is 5.28. The van der Waals surface area contributed by atoms with Gasteiger partial charge in [-0.2, -0.15) is 5.10 Å². The number of anilines is 1. The lowest BCUT2D eigenvalue weighted by atomic mass is 10.1. The second-order valence-electron chi connectivity index (χ2n) is 5.60. The zero-order chi connectivity index (χ0) is 14.6. The van der Waals surface area contributed by atoms with E-state index in [2.05, 4.69) is 28.8 Å². The molecule has 0 amide bonds. The van der Waals surface area contributed by atoms with Crippen LogP contribution in [0.4, 0.5) is 5.82 Å². The lowest BCUT2D eigenvalue weighted by Gasteiger charge is -2.40. The molecule has 0 spiro atoms. The fraction of sp³-hybridized carbons (Fsp3) is 0.400. The number of rotatable bonds is 2. The Kier molecular flexibility index (Phi) is 2.75. The van der Waals surface area contributed by atoms with E-state index in [1.54, 1.807) is 11.3 Å². The maximum Gasteiger partial charge on any atom is 0.141 e. The first-order valence-corrected chi connectivity index (χ1v) is 7.93. The van der Waals surface area contributed by atoms with Crippen LogP contribution in [0.5, 0.6) is 0 Å². The highest BCUT2D eigenvalue weighted by Gasteiger charge is 2.31. The highest BCUT2D eigenvalue weighted by Crippen LogP contribution is 2.37. The molecule has 3 aromatic heterocycles. The van der Waals surface area contributed by atoms with Crippen LogP contribution in [0.3, 0.4) is 0 Å². The third kappa shape index (κ3) is 1.93. The lowest BCUT2D eigenvalue weighted by molar-refractivity contribution is 0.366. The highest BCUT2D eigenvalue weighted by molar-refractivity contribution is 7.18. The van der Waals surface area contributed by atoms with Gasteiger partial charge >= 0.3 is 0 Å². The Morgan fingerprint density at radius 2 is 2.00 bits per heavy atom. The molecule has 5 nitrogen and oxygen atoms in total. The van der Waals surface area contributed by atoms with Gasteiger partial charge in [0.2, 0.25) is 0 Å². The van der Waals surface area contributed by atoms with Crippen LogP contribution in [-0.4, -0.2) is 32.8 Å². The molecule has 3 aromatic rings. The number of fused-ring (bicyclic) bond motifs is 1. The van der Waals surface area contributed by atoms with Crippen molar-refractivity contribution in [2.45, 2.75) is 26.8 Å². The number of hydrogen-bond acceptors (Lipinski definition) is 5. The van der Waals surface area contributed by atoms with Crippen molar-refractivity contribution in [3.05, 3.63) is 34.7 Å². The van der Waals surface area contributed by atoms with E-state index < -0.39 is 0 Å². The van der Waals surface area contributed by atoms with Gasteiger partial charge in [0.15, 0.2) is 0 Å². The Morgan fingerprint density at radius 1 is 1.19 bits per heavy atom. The quantitative estimate of drug-likeness (QED) is 0.730. The average molecular weight is 299 g/mol.